The molecule has 4 rings (SSSR count). The average Bonchev–Trinajstić information content (AvgIpc) is 2.86. The lowest BCUT2D eigenvalue weighted by Crippen LogP contribution is -2.42. The van der Waals surface area contributed by atoms with Crippen LogP contribution in [0.5, 0.6) is 0 Å². The van der Waals surface area contributed by atoms with Crippen LogP contribution in [-0.2, 0) is 6.42 Å². The van der Waals surface area contributed by atoms with Gasteiger partial charge in [0.05, 0.1) is 0 Å². The number of nitrogens with one attached hydrogen (secondary N) is 2. The molecule has 0 radical (unpaired) electrons. The molecule has 0 spiro atoms. The van der Waals surface area contributed by atoms with Crippen molar-refractivity contribution < 1.29 is 0 Å². The number of halogens is 1. The predicted octanol–water partition coefficient (Wildman–Crippen LogP) is 2.91. The topological polar surface area (TPSA) is 24.1 Å². The Kier molecular flexibility index (Phi) is 3.79. The standard InChI is InChI=1S/C17H18N2.ClH/c1-2-4-15-12(3-1)9-14-10-13(5-6-16(14)15)17-11-18-7-8-19-17;/h1-6,10,17-19H,7-9,11H2;1H/t17-;/m0./s1. The van der Waals surface area contributed by atoms with Gasteiger partial charge in [-0.3, -0.25) is 0 Å². The molecule has 0 unspecified atom stereocenters. The number of piperazine rings is 1. The van der Waals surface area contributed by atoms with Crippen LogP contribution < -0.4 is 10.6 Å². The molecular weight excluding hydrogens is 268 g/mol. The summed E-state index contributed by atoms with van der Waals surface area (Å²) in [6.45, 7) is 3.17. The van der Waals surface area contributed by atoms with Gasteiger partial charge in [-0.05, 0) is 34.2 Å². The van der Waals surface area contributed by atoms with Crippen molar-refractivity contribution in [1.82, 2.24) is 10.6 Å². The molecule has 1 heterocycles. The van der Waals surface area contributed by atoms with E-state index >= 15 is 0 Å². The van der Waals surface area contributed by atoms with Crippen molar-refractivity contribution >= 4 is 12.4 Å². The molecule has 1 aliphatic heterocycles. The van der Waals surface area contributed by atoms with Gasteiger partial charge in [0.1, 0.15) is 0 Å². The van der Waals surface area contributed by atoms with Gasteiger partial charge in [-0.2, -0.15) is 0 Å². The van der Waals surface area contributed by atoms with Crippen LogP contribution >= 0.6 is 12.4 Å². The van der Waals surface area contributed by atoms with E-state index in [-0.39, 0.29) is 12.4 Å². The Labute approximate surface area is 126 Å². The molecule has 1 aliphatic carbocycles. The number of rotatable bonds is 1. The summed E-state index contributed by atoms with van der Waals surface area (Å²) >= 11 is 0. The van der Waals surface area contributed by atoms with E-state index in [1.807, 2.05) is 0 Å². The Morgan fingerprint density at radius 1 is 0.900 bits per heavy atom. The van der Waals surface area contributed by atoms with E-state index in [0.717, 1.165) is 26.1 Å². The van der Waals surface area contributed by atoms with Crippen molar-refractivity contribution in [2.75, 3.05) is 19.6 Å². The molecule has 1 atom stereocenters. The number of fused-ring (bicyclic) bond motifs is 3. The Hall–Kier alpha value is -1.35. The van der Waals surface area contributed by atoms with E-state index in [1.54, 1.807) is 0 Å². The molecule has 1 saturated heterocycles. The smallest absolute Gasteiger partial charge is 0.0447 e. The van der Waals surface area contributed by atoms with Gasteiger partial charge in [-0.15, -0.1) is 12.4 Å². The first-order chi connectivity index (χ1) is 9.42. The second-order valence-corrected chi connectivity index (χ2v) is 5.46. The molecule has 2 aliphatic rings. The first-order valence-corrected chi connectivity index (χ1v) is 7.07. The fourth-order valence-electron chi connectivity index (χ4n) is 3.27. The summed E-state index contributed by atoms with van der Waals surface area (Å²) in [6, 6.07) is 16.2. The fourth-order valence-corrected chi connectivity index (χ4v) is 3.27. The van der Waals surface area contributed by atoms with Crippen LogP contribution in [0.25, 0.3) is 11.1 Å². The van der Waals surface area contributed by atoms with Crippen LogP contribution in [-0.4, -0.2) is 19.6 Å². The second-order valence-electron chi connectivity index (χ2n) is 5.46. The largest absolute Gasteiger partial charge is 0.314 e. The summed E-state index contributed by atoms with van der Waals surface area (Å²) in [7, 11) is 0. The van der Waals surface area contributed by atoms with Crippen molar-refractivity contribution in [3.8, 4) is 11.1 Å². The molecule has 104 valence electrons. The minimum Gasteiger partial charge on any atom is -0.314 e. The molecule has 20 heavy (non-hydrogen) atoms. The quantitative estimate of drug-likeness (QED) is 0.719. The zero-order valence-corrected chi connectivity index (χ0v) is 12.2. The van der Waals surface area contributed by atoms with Crippen LogP contribution in [0.2, 0.25) is 0 Å². The lowest BCUT2D eigenvalue weighted by molar-refractivity contribution is 0.430. The molecule has 0 amide bonds. The second kappa shape index (κ2) is 5.57. The van der Waals surface area contributed by atoms with E-state index in [9.17, 15) is 0 Å². The molecule has 0 aromatic heterocycles. The predicted molar refractivity (Wildman–Crippen MR) is 85.5 cm³/mol. The van der Waals surface area contributed by atoms with Gasteiger partial charge >= 0.3 is 0 Å². The minimum atomic E-state index is 0. The summed E-state index contributed by atoms with van der Waals surface area (Å²) in [5.74, 6) is 0. The van der Waals surface area contributed by atoms with Gasteiger partial charge < -0.3 is 10.6 Å². The van der Waals surface area contributed by atoms with E-state index in [2.05, 4.69) is 53.1 Å². The highest BCUT2D eigenvalue weighted by molar-refractivity contribution is 5.85. The third kappa shape index (κ3) is 2.24. The Balaban J connectivity index is 0.00000121. The van der Waals surface area contributed by atoms with Gasteiger partial charge in [-0.25, -0.2) is 0 Å². The minimum absolute atomic E-state index is 0. The van der Waals surface area contributed by atoms with E-state index < -0.39 is 0 Å². The van der Waals surface area contributed by atoms with Gasteiger partial charge in [0.15, 0.2) is 0 Å². The normalized spacial score (nSPS) is 19.9. The average molecular weight is 287 g/mol. The van der Waals surface area contributed by atoms with Crippen LogP contribution in [0.3, 0.4) is 0 Å². The van der Waals surface area contributed by atoms with Crippen molar-refractivity contribution in [2.24, 2.45) is 0 Å². The number of hydrogen-bond acceptors (Lipinski definition) is 2. The van der Waals surface area contributed by atoms with Crippen molar-refractivity contribution in [3.63, 3.8) is 0 Å². The number of benzene rings is 2. The molecular formula is C17H19ClN2. The Morgan fingerprint density at radius 2 is 1.75 bits per heavy atom. The van der Waals surface area contributed by atoms with Crippen molar-refractivity contribution in [3.05, 3.63) is 59.2 Å². The molecule has 0 bridgehead atoms. The summed E-state index contributed by atoms with van der Waals surface area (Å²) in [5.41, 5.74) is 7.19. The van der Waals surface area contributed by atoms with E-state index in [0.29, 0.717) is 6.04 Å². The maximum Gasteiger partial charge on any atom is 0.0447 e. The zero-order chi connectivity index (χ0) is 12.7. The van der Waals surface area contributed by atoms with Crippen molar-refractivity contribution in [2.45, 2.75) is 12.5 Å². The fraction of sp³-hybridized carbons (Fsp3) is 0.294. The zero-order valence-electron chi connectivity index (χ0n) is 11.4. The van der Waals surface area contributed by atoms with Crippen LogP contribution in [0.15, 0.2) is 42.5 Å². The van der Waals surface area contributed by atoms with Gasteiger partial charge in [0.2, 0.25) is 0 Å². The summed E-state index contributed by atoms with van der Waals surface area (Å²) in [6.07, 6.45) is 1.08. The molecule has 0 saturated carbocycles. The first-order valence-electron chi connectivity index (χ1n) is 7.07. The lowest BCUT2D eigenvalue weighted by Gasteiger charge is -2.25. The van der Waals surface area contributed by atoms with E-state index in [1.165, 1.54) is 27.8 Å². The molecule has 1 fully saturated rings. The molecule has 2 nitrogen and oxygen atoms in total. The molecule has 3 heteroatoms. The first kappa shape index (κ1) is 13.6. The maximum absolute atomic E-state index is 3.59. The SMILES string of the molecule is Cl.c1ccc2c(c1)Cc1cc([C@@H]3CNCCN3)ccc1-2. The van der Waals surface area contributed by atoms with Gasteiger partial charge in [0, 0.05) is 25.7 Å². The van der Waals surface area contributed by atoms with Crippen molar-refractivity contribution in [1.29, 1.82) is 0 Å². The Morgan fingerprint density at radius 3 is 2.60 bits per heavy atom. The highest BCUT2D eigenvalue weighted by atomic mass is 35.5. The molecule has 2 aromatic carbocycles. The highest BCUT2D eigenvalue weighted by Crippen LogP contribution is 2.37. The van der Waals surface area contributed by atoms with E-state index in [4.69, 9.17) is 0 Å². The Bertz CT molecular complexity index is 618. The lowest BCUT2D eigenvalue weighted by atomic mass is 9.99. The maximum atomic E-state index is 3.59. The van der Waals surface area contributed by atoms with Crippen LogP contribution in [0.4, 0.5) is 0 Å². The summed E-state index contributed by atoms with van der Waals surface area (Å²) < 4.78 is 0. The third-order valence-corrected chi connectivity index (χ3v) is 4.26. The monoisotopic (exact) mass is 286 g/mol. The van der Waals surface area contributed by atoms with Crippen LogP contribution in [0, 0.1) is 0 Å². The molecule has 2 N–H and O–H groups in total. The van der Waals surface area contributed by atoms with Crippen LogP contribution in [0.1, 0.15) is 22.7 Å². The molecule has 2 aromatic rings. The third-order valence-electron chi connectivity index (χ3n) is 4.26. The highest BCUT2D eigenvalue weighted by Gasteiger charge is 2.20. The number of hydrogen-bond donors (Lipinski definition) is 2. The summed E-state index contributed by atoms with van der Waals surface area (Å²) in [5, 5.41) is 7.04. The van der Waals surface area contributed by atoms with Gasteiger partial charge in [0.25, 0.3) is 0 Å². The van der Waals surface area contributed by atoms with Gasteiger partial charge in [-0.1, -0.05) is 42.5 Å². The summed E-state index contributed by atoms with van der Waals surface area (Å²) in [4.78, 5) is 0.